The zero-order chi connectivity index (χ0) is 18.5. The van der Waals surface area contributed by atoms with Crippen LogP contribution < -0.4 is 11.2 Å². The Hall–Kier alpha value is -3.82. The van der Waals surface area contributed by atoms with Crippen LogP contribution in [0.1, 0.15) is 28.7 Å². The number of nitrogens with zero attached hydrogens (tertiary/aromatic N) is 6. The second-order valence-electron chi connectivity index (χ2n) is 5.41. The summed E-state index contributed by atoms with van der Waals surface area (Å²) >= 11 is 0. The molecule has 3 rings (SSSR count). The van der Waals surface area contributed by atoms with Crippen LogP contribution in [0, 0.1) is 6.92 Å². The van der Waals surface area contributed by atoms with Crippen molar-refractivity contribution in [3.05, 3.63) is 52.9 Å². The van der Waals surface area contributed by atoms with E-state index < -0.39 is 5.91 Å². The summed E-state index contributed by atoms with van der Waals surface area (Å²) in [6, 6.07) is 9.78. The van der Waals surface area contributed by atoms with Gasteiger partial charge in [0.25, 0.3) is 5.91 Å². The highest BCUT2D eigenvalue weighted by molar-refractivity contribution is 5.94. The van der Waals surface area contributed by atoms with E-state index in [9.17, 15) is 4.79 Å². The number of nitrogens with two attached hydrogens (primary N) is 1. The SMILES string of the molecule is C/C(C=NNC(=O)c1nnn(-c2nonc2N)c1C)=C\c1ccccc1. The lowest BCUT2D eigenvalue weighted by molar-refractivity contribution is 0.0949. The standard InChI is InChI=1S/C16H16N8O2/c1-10(8-12-6-4-3-5-7-12)9-18-20-16(25)13-11(2)24(23-19-13)15-14(17)21-26-22-15/h3-9H,1-2H3,(H2,17,21)(H,20,25)/b10-8+,18-9?. The third-order valence-electron chi connectivity index (χ3n) is 3.43. The Labute approximate surface area is 148 Å². The minimum absolute atomic E-state index is 0.0460. The summed E-state index contributed by atoms with van der Waals surface area (Å²) in [4.78, 5) is 12.2. The molecule has 0 bridgehead atoms. The number of hydrogen-bond acceptors (Lipinski definition) is 8. The van der Waals surface area contributed by atoms with E-state index in [1.165, 1.54) is 4.68 Å². The normalized spacial score (nSPS) is 11.8. The number of anilines is 1. The Balaban J connectivity index is 1.68. The first-order valence-electron chi connectivity index (χ1n) is 7.63. The summed E-state index contributed by atoms with van der Waals surface area (Å²) in [6.07, 6.45) is 3.49. The zero-order valence-electron chi connectivity index (χ0n) is 14.1. The number of aromatic nitrogens is 5. The number of carbonyl (C=O) groups is 1. The van der Waals surface area contributed by atoms with Crippen molar-refractivity contribution in [3.63, 3.8) is 0 Å². The highest BCUT2D eigenvalue weighted by Crippen LogP contribution is 2.14. The molecule has 3 N–H and O–H groups in total. The van der Waals surface area contributed by atoms with Crippen molar-refractivity contribution in [3.8, 4) is 5.82 Å². The van der Waals surface area contributed by atoms with E-state index in [2.05, 4.69) is 35.8 Å². The van der Waals surface area contributed by atoms with Gasteiger partial charge >= 0.3 is 0 Å². The van der Waals surface area contributed by atoms with Crippen molar-refractivity contribution in [1.82, 2.24) is 30.7 Å². The number of carbonyl (C=O) groups excluding carboxylic acids is 1. The molecule has 3 aromatic rings. The van der Waals surface area contributed by atoms with Gasteiger partial charge in [0.2, 0.25) is 11.6 Å². The number of rotatable bonds is 5. The summed E-state index contributed by atoms with van der Waals surface area (Å²) in [5, 5.41) is 18.7. The minimum atomic E-state index is -0.507. The van der Waals surface area contributed by atoms with Crippen molar-refractivity contribution >= 4 is 24.0 Å². The number of hydrogen-bond donors (Lipinski definition) is 2. The van der Waals surface area contributed by atoms with Crippen LogP contribution in [0.2, 0.25) is 0 Å². The summed E-state index contributed by atoms with van der Waals surface area (Å²) in [7, 11) is 0. The second-order valence-corrected chi connectivity index (χ2v) is 5.41. The molecule has 0 saturated heterocycles. The fourth-order valence-corrected chi connectivity index (χ4v) is 2.17. The van der Waals surface area contributed by atoms with E-state index in [4.69, 9.17) is 5.73 Å². The van der Waals surface area contributed by atoms with Gasteiger partial charge in [0, 0.05) is 0 Å². The molecule has 132 valence electrons. The summed E-state index contributed by atoms with van der Waals surface area (Å²) in [5.74, 6) is -0.295. The van der Waals surface area contributed by atoms with Gasteiger partial charge in [0.1, 0.15) is 0 Å². The second kappa shape index (κ2) is 7.38. The molecular weight excluding hydrogens is 336 g/mol. The zero-order valence-corrected chi connectivity index (χ0v) is 14.1. The smallest absolute Gasteiger partial charge is 0.293 e. The van der Waals surface area contributed by atoms with Crippen molar-refractivity contribution in [2.24, 2.45) is 5.10 Å². The highest BCUT2D eigenvalue weighted by Gasteiger charge is 2.20. The van der Waals surface area contributed by atoms with Gasteiger partial charge in [0.15, 0.2) is 5.69 Å². The van der Waals surface area contributed by atoms with Gasteiger partial charge in [-0.15, -0.1) is 5.10 Å². The van der Waals surface area contributed by atoms with E-state index in [0.717, 1.165) is 11.1 Å². The van der Waals surface area contributed by atoms with Crippen molar-refractivity contribution in [1.29, 1.82) is 0 Å². The largest absolute Gasteiger partial charge is 0.378 e. The lowest BCUT2D eigenvalue weighted by atomic mass is 10.1. The van der Waals surface area contributed by atoms with E-state index in [0.29, 0.717) is 5.69 Å². The maximum absolute atomic E-state index is 12.2. The average Bonchev–Trinajstić information content (AvgIpc) is 3.21. The monoisotopic (exact) mass is 352 g/mol. The van der Waals surface area contributed by atoms with Crippen LogP contribution in [-0.4, -0.2) is 37.4 Å². The predicted octanol–water partition coefficient (Wildman–Crippen LogP) is 1.36. The number of benzene rings is 1. The highest BCUT2D eigenvalue weighted by atomic mass is 16.6. The first kappa shape index (κ1) is 17.0. The van der Waals surface area contributed by atoms with Crippen molar-refractivity contribution in [2.75, 3.05) is 5.73 Å². The molecule has 0 aliphatic carbocycles. The molecule has 0 spiro atoms. The van der Waals surface area contributed by atoms with Gasteiger partial charge in [0.05, 0.1) is 11.9 Å². The molecule has 2 heterocycles. The first-order chi connectivity index (χ1) is 12.6. The minimum Gasteiger partial charge on any atom is -0.378 e. The fraction of sp³-hybridized carbons (Fsp3) is 0.125. The molecule has 0 unspecified atom stereocenters. The van der Waals surface area contributed by atoms with Crippen molar-refractivity contribution in [2.45, 2.75) is 13.8 Å². The van der Waals surface area contributed by atoms with Crippen LogP contribution in [0.4, 0.5) is 5.82 Å². The van der Waals surface area contributed by atoms with Crippen LogP contribution in [0.25, 0.3) is 11.9 Å². The fourth-order valence-electron chi connectivity index (χ4n) is 2.17. The maximum Gasteiger partial charge on any atom is 0.293 e. The molecule has 10 heteroatoms. The number of hydrazone groups is 1. The van der Waals surface area contributed by atoms with E-state index in [1.54, 1.807) is 13.1 Å². The molecule has 0 fully saturated rings. The quantitative estimate of drug-likeness (QED) is 0.522. The Bertz CT molecular complexity index is 971. The van der Waals surface area contributed by atoms with E-state index in [1.807, 2.05) is 43.3 Å². The molecule has 2 aromatic heterocycles. The Kier molecular flexibility index (Phi) is 4.83. The molecular formula is C16H16N8O2. The first-order valence-corrected chi connectivity index (χ1v) is 7.63. The average molecular weight is 352 g/mol. The van der Waals surface area contributed by atoms with Gasteiger partial charge in [-0.3, -0.25) is 4.79 Å². The van der Waals surface area contributed by atoms with E-state index in [-0.39, 0.29) is 17.3 Å². The lowest BCUT2D eigenvalue weighted by Crippen LogP contribution is -2.19. The molecule has 26 heavy (non-hydrogen) atoms. The molecule has 0 saturated carbocycles. The molecule has 0 atom stereocenters. The Morgan fingerprint density at radius 3 is 2.77 bits per heavy atom. The van der Waals surface area contributed by atoms with Gasteiger partial charge in [-0.05, 0) is 35.3 Å². The Morgan fingerprint density at radius 2 is 2.08 bits per heavy atom. The summed E-state index contributed by atoms with van der Waals surface area (Å²) in [6.45, 7) is 3.53. The van der Waals surface area contributed by atoms with Crippen molar-refractivity contribution < 1.29 is 9.42 Å². The lowest BCUT2D eigenvalue weighted by Gasteiger charge is -1.99. The molecule has 0 radical (unpaired) electrons. The number of amides is 1. The van der Waals surface area contributed by atoms with Crippen LogP contribution in [0.3, 0.4) is 0 Å². The van der Waals surface area contributed by atoms with Crippen LogP contribution >= 0.6 is 0 Å². The molecule has 1 amide bonds. The molecule has 0 aliphatic heterocycles. The number of allylic oxidation sites excluding steroid dienone is 1. The Morgan fingerprint density at radius 1 is 1.31 bits per heavy atom. The van der Waals surface area contributed by atoms with Gasteiger partial charge in [-0.25, -0.2) is 10.1 Å². The molecule has 1 aromatic carbocycles. The third kappa shape index (κ3) is 3.64. The van der Waals surface area contributed by atoms with E-state index >= 15 is 0 Å². The maximum atomic E-state index is 12.2. The van der Waals surface area contributed by atoms with Gasteiger partial charge in [-0.2, -0.15) is 9.78 Å². The van der Waals surface area contributed by atoms with Crippen LogP contribution in [-0.2, 0) is 0 Å². The number of nitrogens with one attached hydrogen (secondary N) is 1. The van der Waals surface area contributed by atoms with Gasteiger partial charge < -0.3 is 5.73 Å². The van der Waals surface area contributed by atoms with Crippen LogP contribution in [0.5, 0.6) is 0 Å². The predicted molar refractivity (Wildman–Crippen MR) is 94.4 cm³/mol. The van der Waals surface area contributed by atoms with Crippen LogP contribution in [0.15, 0.2) is 45.6 Å². The molecule has 0 aliphatic rings. The number of nitrogen functional groups attached to an aromatic ring is 1. The third-order valence-corrected chi connectivity index (χ3v) is 3.43. The summed E-state index contributed by atoms with van der Waals surface area (Å²) < 4.78 is 5.79. The van der Waals surface area contributed by atoms with Gasteiger partial charge in [-0.1, -0.05) is 41.6 Å². The topological polar surface area (TPSA) is 137 Å². The molecule has 10 nitrogen and oxygen atoms in total. The summed E-state index contributed by atoms with van der Waals surface area (Å²) in [5.41, 5.74) is 10.5.